The summed E-state index contributed by atoms with van der Waals surface area (Å²) in [6, 6.07) is 20.5. The molecule has 0 fully saturated rings. The summed E-state index contributed by atoms with van der Waals surface area (Å²) in [6.45, 7) is 4.34. The summed E-state index contributed by atoms with van der Waals surface area (Å²) >= 11 is 0. The number of amides is 1. The summed E-state index contributed by atoms with van der Waals surface area (Å²) in [5.41, 5.74) is 3.21. The highest BCUT2D eigenvalue weighted by molar-refractivity contribution is 5.92. The van der Waals surface area contributed by atoms with Crippen LogP contribution in [0.3, 0.4) is 0 Å². The lowest BCUT2D eigenvalue weighted by Gasteiger charge is -2.25. The van der Waals surface area contributed by atoms with Crippen molar-refractivity contribution in [2.75, 3.05) is 7.05 Å². The van der Waals surface area contributed by atoms with Crippen LogP contribution in [0.5, 0.6) is 0 Å². The molecule has 3 rings (SSSR count). The number of nitrogens with zero attached hydrogens (tertiary/aromatic N) is 3. The van der Waals surface area contributed by atoms with Crippen LogP contribution in [0.4, 0.5) is 0 Å². The Hall–Kier alpha value is -3.21. The van der Waals surface area contributed by atoms with E-state index in [1.54, 1.807) is 11.9 Å². The SMILES string of the molecule is Cc1ccc(C(C)N(C)C(=O)c2ccc(=O)n(Cc3ccccc3)n2)cc1. The van der Waals surface area contributed by atoms with Crippen molar-refractivity contribution < 1.29 is 4.79 Å². The van der Waals surface area contributed by atoms with Gasteiger partial charge in [-0.15, -0.1) is 0 Å². The van der Waals surface area contributed by atoms with E-state index in [0.717, 1.165) is 11.1 Å². The van der Waals surface area contributed by atoms with E-state index >= 15 is 0 Å². The average molecular weight is 361 g/mol. The van der Waals surface area contributed by atoms with Gasteiger partial charge in [0.05, 0.1) is 12.6 Å². The van der Waals surface area contributed by atoms with Crippen molar-refractivity contribution in [1.29, 1.82) is 0 Å². The molecule has 1 aromatic heterocycles. The molecule has 5 heteroatoms. The quantitative estimate of drug-likeness (QED) is 0.700. The standard InChI is InChI=1S/C22H23N3O2/c1-16-9-11-19(12-10-16)17(2)24(3)22(27)20-13-14-21(26)25(23-20)15-18-7-5-4-6-8-18/h4-14,17H,15H2,1-3H3. The maximum absolute atomic E-state index is 12.9. The zero-order valence-electron chi connectivity index (χ0n) is 15.8. The number of rotatable bonds is 5. The molecule has 0 aliphatic carbocycles. The highest BCUT2D eigenvalue weighted by atomic mass is 16.2. The largest absolute Gasteiger partial charge is 0.334 e. The minimum Gasteiger partial charge on any atom is -0.334 e. The van der Waals surface area contributed by atoms with Crippen LogP contribution in [0, 0.1) is 6.92 Å². The molecule has 1 heterocycles. The Balaban J connectivity index is 1.82. The van der Waals surface area contributed by atoms with Crippen molar-refractivity contribution in [1.82, 2.24) is 14.7 Å². The van der Waals surface area contributed by atoms with E-state index in [9.17, 15) is 9.59 Å². The molecule has 5 nitrogen and oxygen atoms in total. The zero-order chi connectivity index (χ0) is 19.4. The Kier molecular flexibility index (Phi) is 5.50. The minimum absolute atomic E-state index is 0.102. The van der Waals surface area contributed by atoms with Crippen molar-refractivity contribution in [3.05, 3.63) is 99.5 Å². The minimum atomic E-state index is -0.232. The van der Waals surface area contributed by atoms with Crippen LogP contribution in [0.25, 0.3) is 0 Å². The van der Waals surface area contributed by atoms with E-state index in [1.165, 1.54) is 22.4 Å². The van der Waals surface area contributed by atoms with Gasteiger partial charge >= 0.3 is 0 Å². The second kappa shape index (κ2) is 7.99. The smallest absolute Gasteiger partial charge is 0.274 e. The number of aromatic nitrogens is 2. The Labute approximate surface area is 158 Å². The van der Waals surface area contributed by atoms with Crippen molar-refractivity contribution in [3.8, 4) is 0 Å². The molecular weight excluding hydrogens is 338 g/mol. The number of carbonyl (C=O) groups excluding carboxylic acids is 1. The van der Waals surface area contributed by atoms with Crippen molar-refractivity contribution in [3.63, 3.8) is 0 Å². The summed E-state index contributed by atoms with van der Waals surface area (Å²) in [4.78, 5) is 26.7. The molecule has 0 bridgehead atoms. The topological polar surface area (TPSA) is 55.2 Å². The molecule has 27 heavy (non-hydrogen) atoms. The van der Waals surface area contributed by atoms with E-state index < -0.39 is 0 Å². The van der Waals surface area contributed by atoms with Crippen molar-refractivity contribution in [2.45, 2.75) is 26.4 Å². The van der Waals surface area contributed by atoms with E-state index in [4.69, 9.17) is 0 Å². The molecule has 1 atom stereocenters. The zero-order valence-corrected chi connectivity index (χ0v) is 15.8. The van der Waals surface area contributed by atoms with Crippen LogP contribution in [0.15, 0.2) is 71.5 Å². The van der Waals surface area contributed by atoms with Gasteiger partial charge < -0.3 is 4.90 Å². The monoisotopic (exact) mass is 361 g/mol. The lowest BCUT2D eigenvalue weighted by molar-refractivity contribution is 0.0734. The van der Waals surface area contributed by atoms with Crippen LogP contribution in [-0.2, 0) is 6.54 Å². The van der Waals surface area contributed by atoms with Gasteiger partial charge in [-0.25, -0.2) is 4.68 Å². The summed E-state index contributed by atoms with van der Waals surface area (Å²) in [5, 5.41) is 4.29. The van der Waals surface area contributed by atoms with Gasteiger partial charge in [-0.05, 0) is 31.0 Å². The molecule has 0 saturated heterocycles. The molecule has 0 spiro atoms. The predicted octanol–water partition coefficient (Wildman–Crippen LogP) is 3.43. The van der Waals surface area contributed by atoms with E-state index in [-0.39, 0.29) is 23.2 Å². The number of hydrogen-bond acceptors (Lipinski definition) is 3. The van der Waals surface area contributed by atoms with Crippen molar-refractivity contribution >= 4 is 5.91 Å². The normalized spacial score (nSPS) is 11.8. The van der Waals surface area contributed by atoms with E-state index in [0.29, 0.717) is 6.54 Å². The third-order valence-corrected chi connectivity index (χ3v) is 4.72. The molecule has 0 radical (unpaired) electrons. The summed E-state index contributed by atoms with van der Waals surface area (Å²) in [7, 11) is 1.75. The molecule has 0 aliphatic rings. The molecule has 0 N–H and O–H groups in total. The molecule has 1 unspecified atom stereocenters. The molecule has 2 aromatic carbocycles. The van der Waals surface area contributed by atoms with Crippen LogP contribution in [0.1, 0.15) is 40.1 Å². The highest BCUT2D eigenvalue weighted by Crippen LogP contribution is 2.20. The maximum atomic E-state index is 12.9. The van der Waals surface area contributed by atoms with Crippen LogP contribution in [0.2, 0.25) is 0 Å². The van der Waals surface area contributed by atoms with Gasteiger partial charge in [0, 0.05) is 13.1 Å². The van der Waals surface area contributed by atoms with Gasteiger partial charge in [0.15, 0.2) is 0 Å². The Morgan fingerprint density at radius 1 is 1.04 bits per heavy atom. The fourth-order valence-corrected chi connectivity index (χ4v) is 2.86. The van der Waals surface area contributed by atoms with Gasteiger partial charge in [0.25, 0.3) is 11.5 Å². The number of aryl methyl sites for hydroxylation is 1. The summed E-state index contributed by atoms with van der Waals surface area (Å²) in [5.74, 6) is -0.218. The molecule has 138 valence electrons. The lowest BCUT2D eigenvalue weighted by atomic mass is 10.1. The fourth-order valence-electron chi connectivity index (χ4n) is 2.86. The number of hydrogen-bond donors (Lipinski definition) is 0. The summed E-state index contributed by atoms with van der Waals surface area (Å²) < 4.78 is 1.33. The Bertz CT molecular complexity index is 978. The fraction of sp³-hybridized carbons (Fsp3) is 0.227. The molecular formula is C22H23N3O2. The predicted molar refractivity (Wildman–Crippen MR) is 106 cm³/mol. The third-order valence-electron chi connectivity index (χ3n) is 4.72. The Morgan fingerprint density at radius 3 is 2.37 bits per heavy atom. The first-order valence-electron chi connectivity index (χ1n) is 8.91. The Morgan fingerprint density at radius 2 is 1.70 bits per heavy atom. The second-order valence-electron chi connectivity index (χ2n) is 6.70. The molecule has 1 amide bonds. The van der Waals surface area contributed by atoms with Gasteiger partial charge in [-0.1, -0.05) is 60.2 Å². The third kappa shape index (κ3) is 4.31. The van der Waals surface area contributed by atoms with E-state index in [2.05, 4.69) is 5.10 Å². The van der Waals surface area contributed by atoms with Crippen LogP contribution >= 0.6 is 0 Å². The van der Waals surface area contributed by atoms with E-state index in [1.807, 2.05) is 68.4 Å². The number of carbonyl (C=O) groups is 1. The first-order chi connectivity index (χ1) is 13.0. The van der Waals surface area contributed by atoms with Gasteiger partial charge in [-0.2, -0.15) is 5.10 Å². The number of benzene rings is 2. The maximum Gasteiger partial charge on any atom is 0.274 e. The lowest BCUT2D eigenvalue weighted by Crippen LogP contribution is -2.33. The van der Waals surface area contributed by atoms with Crippen LogP contribution in [-0.4, -0.2) is 27.6 Å². The average Bonchev–Trinajstić information content (AvgIpc) is 2.69. The first kappa shape index (κ1) is 18.6. The van der Waals surface area contributed by atoms with Gasteiger partial charge in [0.2, 0.25) is 0 Å². The molecule has 3 aromatic rings. The second-order valence-corrected chi connectivity index (χ2v) is 6.70. The van der Waals surface area contributed by atoms with Gasteiger partial charge in [0.1, 0.15) is 5.69 Å². The van der Waals surface area contributed by atoms with Gasteiger partial charge in [-0.3, -0.25) is 9.59 Å². The van der Waals surface area contributed by atoms with Crippen molar-refractivity contribution in [2.24, 2.45) is 0 Å². The highest BCUT2D eigenvalue weighted by Gasteiger charge is 2.20. The van der Waals surface area contributed by atoms with Crippen LogP contribution < -0.4 is 5.56 Å². The summed E-state index contributed by atoms with van der Waals surface area (Å²) in [6.07, 6.45) is 0. The first-order valence-corrected chi connectivity index (χ1v) is 8.91. The molecule has 0 saturated carbocycles. The molecule has 0 aliphatic heterocycles.